The van der Waals surface area contributed by atoms with Crippen molar-refractivity contribution in [2.75, 3.05) is 25.4 Å². The van der Waals surface area contributed by atoms with Crippen LogP contribution in [0.3, 0.4) is 0 Å². The fourth-order valence-electron chi connectivity index (χ4n) is 5.69. The van der Waals surface area contributed by atoms with Crippen LogP contribution in [0.2, 0.25) is 0 Å². The lowest BCUT2D eigenvalue weighted by Gasteiger charge is -2.32. The monoisotopic (exact) mass is 548 g/mol. The Bertz CT molecular complexity index is 1100. The first kappa shape index (κ1) is 29.7. The van der Waals surface area contributed by atoms with Crippen LogP contribution in [0, 0.1) is 0 Å². The zero-order chi connectivity index (χ0) is 27.1. The smallest absolute Gasteiger partial charge is 0.311 e. The van der Waals surface area contributed by atoms with E-state index >= 15 is 0 Å². The number of hydrogen-bond donors (Lipinski definition) is 1. The van der Waals surface area contributed by atoms with Gasteiger partial charge in [-0.1, -0.05) is 88.6 Å². The predicted molar refractivity (Wildman–Crippen MR) is 167 cm³/mol. The molecule has 0 aliphatic carbocycles. The average molecular weight is 549 g/mol. The molecule has 2 heterocycles. The Hall–Kier alpha value is -2.24. The van der Waals surface area contributed by atoms with Crippen molar-refractivity contribution in [2.24, 2.45) is 0 Å². The summed E-state index contributed by atoms with van der Waals surface area (Å²) in [6, 6.07) is 17.0. The van der Waals surface area contributed by atoms with Crippen LogP contribution in [0.4, 0.5) is 0 Å². The Morgan fingerprint density at radius 1 is 0.949 bits per heavy atom. The van der Waals surface area contributed by atoms with Gasteiger partial charge >= 0.3 is 5.97 Å². The number of rotatable bonds is 17. The standard InChI is InChI=1S/C34H48N2O2S/c1-2-3-4-5-6-7-8-9-13-16-34(37)38-31-17-18-33-32(25-31)30(26-35-33)27-39-24-23-36-21-19-29(20-22-36)28-14-11-10-12-15-28/h10-12,14-15,17-18,25-26,29,35H,2-9,13,16,19-24,27H2,1H3. The number of likely N-dealkylation sites (tertiary alicyclic amines) is 1. The molecule has 212 valence electrons. The van der Waals surface area contributed by atoms with E-state index in [-0.39, 0.29) is 5.97 Å². The highest BCUT2D eigenvalue weighted by Gasteiger charge is 2.20. The fraction of sp³-hybridized carbons (Fsp3) is 0.559. The topological polar surface area (TPSA) is 45.3 Å². The summed E-state index contributed by atoms with van der Waals surface area (Å²) in [5.74, 6) is 3.37. The molecule has 1 saturated heterocycles. The van der Waals surface area contributed by atoms with Crippen LogP contribution in [-0.2, 0) is 10.5 Å². The molecule has 0 spiro atoms. The second-order valence-electron chi connectivity index (χ2n) is 11.2. The third kappa shape index (κ3) is 10.0. The molecule has 1 aliphatic heterocycles. The molecule has 0 atom stereocenters. The number of carbonyl (C=O) groups excluding carboxylic acids is 1. The van der Waals surface area contributed by atoms with Gasteiger partial charge in [0.05, 0.1) is 0 Å². The van der Waals surface area contributed by atoms with Gasteiger partial charge in [0.1, 0.15) is 5.75 Å². The van der Waals surface area contributed by atoms with E-state index in [2.05, 4.69) is 53.3 Å². The minimum absolute atomic E-state index is 0.111. The van der Waals surface area contributed by atoms with Gasteiger partial charge in [-0.05, 0) is 67.6 Å². The zero-order valence-corrected chi connectivity index (χ0v) is 24.8. The van der Waals surface area contributed by atoms with E-state index in [9.17, 15) is 4.79 Å². The lowest BCUT2D eigenvalue weighted by Crippen LogP contribution is -2.34. The van der Waals surface area contributed by atoms with Gasteiger partial charge in [-0.15, -0.1) is 0 Å². The first-order valence-electron chi connectivity index (χ1n) is 15.4. The summed E-state index contributed by atoms with van der Waals surface area (Å²) in [4.78, 5) is 18.4. The van der Waals surface area contributed by atoms with Crippen molar-refractivity contribution in [3.8, 4) is 5.75 Å². The summed E-state index contributed by atoms with van der Waals surface area (Å²) in [5.41, 5.74) is 3.89. The van der Waals surface area contributed by atoms with Crippen LogP contribution >= 0.6 is 11.8 Å². The van der Waals surface area contributed by atoms with Gasteiger partial charge < -0.3 is 14.6 Å². The number of aromatic nitrogens is 1. The number of unbranched alkanes of at least 4 members (excludes halogenated alkanes) is 8. The second kappa shape index (κ2) is 16.8. The van der Waals surface area contributed by atoms with Crippen molar-refractivity contribution in [2.45, 2.75) is 95.6 Å². The van der Waals surface area contributed by atoms with Crippen LogP contribution in [0.5, 0.6) is 5.75 Å². The lowest BCUT2D eigenvalue weighted by atomic mass is 9.89. The SMILES string of the molecule is CCCCCCCCCCCC(=O)Oc1ccc2[nH]cc(CSCCN3CCC(c4ccccc4)CC3)c2c1. The number of esters is 1. The van der Waals surface area contributed by atoms with Crippen molar-refractivity contribution >= 4 is 28.6 Å². The normalized spacial score (nSPS) is 14.7. The molecule has 39 heavy (non-hydrogen) atoms. The van der Waals surface area contributed by atoms with E-state index in [0.717, 1.165) is 42.3 Å². The molecule has 1 N–H and O–H groups in total. The predicted octanol–water partition coefficient (Wildman–Crippen LogP) is 9.11. The molecule has 0 bridgehead atoms. The molecule has 1 aromatic heterocycles. The van der Waals surface area contributed by atoms with E-state index in [4.69, 9.17) is 4.74 Å². The van der Waals surface area contributed by atoms with Crippen molar-refractivity contribution in [1.82, 2.24) is 9.88 Å². The molecule has 0 unspecified atom stereocenters. The second-order valence-corrected chi connectivity index (χ2v) is 12.3. The molecule has 0 amide bonds. The number of hydrogen-bond acceptors (Lipinski definition) is 4. The number of H-pyrrole nitrogens is 1. The highest BCUT2D eigenvalue weighted by molar-refractivity contribution is 7.98. The summed E-state index contributed by atoms with van der Waals surface area (Å²) in [6.07, 6.45) is 16.4. The summed E-state index contributed by atoms with van der Waals surface area (Å²) in [7, 11) is 0. The van der Waals surface area contributed by atoms with Crippen LogP contribution < -0.4 is 4.74 Å². The van der Waals surface area contributed by atoms with Gasteiger partial charge in [-0.2, -0.15) is 11.8 Å². The molecule has 0 saturated carbocycles. The van der Waals surface area contributed by atoms with Gasteiger partial charge in [0.15, 0.2) is 0 Å². The molecule has 1 fully saturated rings. The molecule has 5 heteroatoms. The van der Waals surface area contributed by atoms with E-state index in [0.29, 0.717) is 12.2 Å². The number of piperidine rings is 1. The fourth-order valence-corrected chi connectivity index (χ4v) is 6.68. The Balaban J connectivity index is 1.12. The Morgan fingerprint density at radius 3 is 2.41 bits per heavy atom. The first-order valence-corrected chi connectivity index (χ1v) is 16.5. The van der Waals surface area contributed by atoms with E-state index in [1.807, 2.05) is 30.0 Å². The minimum Gasteiger partial charge on any atom is -0.427 e. The van der Waals surface area contributed by atoms with Gasteiger partial charge in [-0.25, -0.2) is 0 Å². The Labute approximate surface area is 240 Å². The molecule has 1 aliphatic rings. The molecule has 2 aromatic carbocycles. The minimum atomic E-state index is -0.111. The molecule has 3 aromatic rings. The molecular weight excluding hydrogens is 500 g/mol. The average Bonchev–Trinajstić information content (AvgIpc) is 3.37. The van der Waals surface area contributed by atoms with Crippen LogP contribution in [0.1, 0.15) is 101 Å². The van der Waals surface area contributed by atoms with Gasteiger partial charge in [0.25, 0.3) is 0 Å². The molecule has 4 rings (SSSR count). The molecular formula is C34H48N2O2S. The number of benzene rings is 2. The molecule has 0 radical (unpaired) electrons. The van der Waals surface area contributed by atoms with Gasteiger partial charge in [-0.3, -0.25) is 4.79 Å². The quantitative estimate of drug-likeness (QED) is 0.104. The van der Waals surface area contributed by atoms with Crippen molar-refractivity contribution in [3.05, 3.63) is 65.9 Å². The van der Waals surface area contributed by atoms with Crippen LogP contribution in [0.25, 0.3) is 10.9 Å². The third-order valence-electron chi connectivity index (χ3n) is 8.12. The highest BCUT2D eigenvalue weighted by atomic mass is 32.2. The van der Waals surface area contributed by atoms with Crippen molar-refractivity contribution in [3.63, 3.8) is 0 Å². The number of aromatic amines is 1. The largest absolute Gasteiger partial charge is 0.427 e. The first-order chi connectivity index (χ1) is 19.2. The van der Waals surface area contributed by atoms with Gasteiger partial charge in [0.2, 0.25) is 0 Å². The molecule has 4 nitrogen and oxygen atoms in total. The number of fused-ring (bicyclic) bond motifs is 1. The van der Waals surface area contributed by atoms with E-state index in [1.54, 1.807) is 0 Å². The third-order valence-corrected chi connectivity index (χ3v) is 9.11. The number of nitrogens with one attached hydrogen (secondary N) is 1. The summed E-state index contributed by atoms with van der Waals surface area (Å²) >= 11 is 1.99. The number of ether oxygens (including phenoxy) is 1. The lowest BCUT2D eigenvalue weighted by molar-refractivity contribution is -0.134. The number of carbonyl (C=O) groups is 1. The van der Waals surface area contributed by atoms with Crippen LogP contribution in [0.15, 0.2) is 54.7 Å². The Kier molecular flexibility index (Phi) is 12.8. The summed E-state index contributed by atoms with van der Waals surface area (Å²) < 4.78 is 5.70. The maximum absolute atomic E-state index is 12.4. The van der Waals surface area contributed by atoms with Crippen molar-refractivity contribution in [1.29, 1.82) is 0 Å². The van der Waals surface area contributed by atoms with E-state index in [1.165, 1.54) is 87.4 Å². The zero-order valence-electron chi connectivity index (χ0n) is 24.0. The van der Waals surface area contributed by atoms with Crippen LogP contribution in [-0.4, -0.2) is 41.2 Å². The Morgan fingerprint density at radius 2 is 1.67 bits per heavy atom. The van der Waals surface area contributed by atoms with E-state index < -0.39 is 0 Å². The van der Waals surface area contributed by atoms with Gasteiger partial charge in [0, 0.05) is 41.6 Å². The maximum atomic E-state index is 12.4. The maximum Gasteiger partial charge on any atom is 0.311 e. The van der Waals surface area contributed by atoms with Crippen molar-refractivity contribution < 1.29 is 9.53 Å². The number of nitrogens with zero attached hydrogens (tertiary/aromatic N) is 1. The summed E-state index contributed by atoms with van der Waals surface area (Å²) in [5, 5.41) is 1.17. The number of thioether (sulfide) groups is 1. The highest BCUT2D eigenvalue weighted by Crippen LogP contribution is 2.29. The summed E-state index contributed by atoms with van der Waals surface area (Å²) in [6.45, 7) is 5.80.